The SMILES string of the molecule is CN1CCC(c2ccc(Cc3ncc(F)c(-c4cc(F)c5c(c4)N(c4cccc6ccccc46)CCO5)n3)cc2F)CC1. The number of ether oxygens (including phenoxy) is 1. The van der Waals surface area contributed by atoms with Crippen molar-refractivity contribution in [1.29, 1.82) is 0 Å². The highest BCUT2D eigenvalue weighted by molar-refractivity contribution is 5.97. The van der Waals surface area contributed by atoms with E-state index < -0.39 is 11.6 Å². The Morgan fingerprint density at radius 3 is 2.49 bits per heavy atom. The van der Waals surface area contributed by atoms with Gasteiger partial charge >= 0.3 is 0 Å². The number of hydrogen-bond acceptors (Lipinski definition) is 5. The van der Waals surface area contributed by atoms with Crippen molar-refractivity contribution >= 4 is 22.1 Å². The van der Waals surface area contributed by atoms with E-state index in [1.54, 1.807) is 6.07 Å². The van der Waals surface area contributed by atoms with Gasteiger partial charge in [-0.3, -0.25) is 0 Å². The summed E-state index contributed by atoms with van der Waals surface area (Å²) in [6.07, 6.45) is 3.17. The van der Waals surface area contributed by atoms with Gasteiger partial charge in [0.1, 0.15) is 23.9 Å². The van der Waals surface area contributed by atoms with Gasteiger partial charge in [-0.25, -0.2) is 23.1 Å². The highest BCUT2D eigenvalue weighted by Crippen LogP contribution is 2.43. The predicted octanol–water partition coefficient (Wildman–Crippen LogP) is 7.64. The van der Waals surface area contributed by atoms with Gasteiger partial charge in [0.25, 0.3) is 0 Å². The van der Waals surface area contributed by atoms with E-state index in [4.69, 9.17) is 4.74 Å². The van der Waals surface area contributed by atoms with Gasteiger partial charge in [0.2, 0.25) is 0 Å². The van der Waals surface area contributed by atoms with Crippen molar-refractivity contribution in [1.82, 2.24) is 14.9 Å². The van der Waals surface area contributed by atoms with Crippen molar-refractivity contribution in [3.05, 3.63) is 113 Å². The van der Waals surface area contributed by atoms with E-state index >= 15 is 13.2 Å². The largest absolute Gasteiger partial charge is 0.486 e. The minimum absolute atomic E-state index is 0.0152. The van der Waals surface area contributed by atoms with Gasteiger partial charge in [-0.15, -0.1) is 0 Å². The fourth-order valence-electron chi connectivity index (χ4n) is 6.32. The smallest absolute Gasteiger partial charge is 0.178 e. The maximum absolute atomic E-state index is 15.5. The molecule has 0 aliphatic carbocycles. The Morgan fingerprint density at radius 2 is 1.65 bits per heavy atom. The van der Waals surface area contributed by atoms with E-state index in [-0.39, 0.29) is 35.2 Å². The second kappa shape index (κ2) is 11.3. The molecule has 1 saturated heterocycles. The molecule has 2 aliphatic rings. The molecule has 7 rings (SSSR count). The molecule has 43 heavy (non-hydrogen) atoms. The Labute approximate surface area is 248 Å². The number of nitrogens with zero attached hydrogens (tertiary/aromatic N) is 4. The molecule has 0 N–H and O–H groups in total. The second-order valence-electron chi connectivity index (χ2n) is 11.4. The molecule has 5 nitrogen and oxygen atoms in total. The van der Waals surface area contributed by atoms with Gasteiger partial charge in [-0.1, -0.05) is 48.5 Å². The second-order valence-corrected chi connectivity index (χ2v) is 11.4. The summed E-state index contributed by atoms with van der Waals surface area (Å²) >= 11 is 0. The summed E-state index contributed by atoms with van der Waals surface area (Å²) in [5.74, 6) is -0.847. The van der Waals surface area contributed by atoms with Crippen molar-refractivity contribution in [2.24, 2.45) is 0 Å². The monoisotopic (exact) mass is 580 g/mol. The van der Waals surface area contributed by atoms with Crippen LogP contribution in [-0.4, -0.2) is 48.2 Å². The average Bonchev–Trinajstić information content (AvgIpc) is 3.02. The molecule has 218 valence electrons. The molecule has 0 unspecified atom stereocenters. The van der Waals surface area contributed by atoms with E-state index in [2.05, 4.69) is 21.9 Å². The van der Waals surface area contributed by atoms with Crippen LogP contribution < -0.4 is 9.64 Å². The Hall–Kier alpha value is -4.43. The zero-order valence-electron chi connectivity index (χ0n) is 23.9. The van der Waals surface area contributed by atoms with Crippen LogP contribution in [0.4, 0.5) is 24.5 Å². The van der Waals surface area contributed by atoms with Crippen LogP contribution >= 0.6 is 0 Å². The molecule has 3 heterocycles. The highest BCUT2D eigenvalue weighted by Gasteiger charge is 2.27. The molecule has 0 radical (unpaired) electrons. The molecule has 0 atom stereocenters. The quantitative estimate of drug-likeness (QED) is 0.214. The van der Waals surface area contributed by atoms with Gasteiger partial charge in [0.05, 0.1) is 18.4 Å². The number of piperidine rings is 1. The van der Waals surface area contributed by atoms with Crippen LogP contribution in [0, 0.1) is 17.5 Å². The number of aromatic nitrogens is 2. The third-order valence-corrected chi connectivity index (χ3v) is 8.59. The van der Waals surface area contributed by atoms with E-state index in [1.165, 1.54) is 12.1 Å². The molecular formula is C35H31F3N4O. The minimum Gasteiger partial charge on any atom is -0.486 e. The van der Waals surface area contributed by atoms with Gasteiger partial charge in [-0.05, 0) is 79.7 Å². The van der Waals surface area contributed by atoms with E-state index in [0.717, 1.165) is 54.2 Å². The topological polar surface area (TPSA) is 41.5 Å². The number of benzene rings is 4. The van der Waals surface area contributed by atoms with Gasteiger partial charge in [-0.2, -0.15) is 0 Å². The summed E-state index contributed by atoms with van der Waals surface area (Å²) < 4.78 is 51.6. The Bertz CT molecular complexity index is 1810. The first-order chi connectivity index (χ1) is 20.9. The van der Waals surface area contributed by atoms with Crippen molar-refractivity contribution in [2.75, 3.05) is 38.2 Å². The summed E-state index contributed by atoms with van der Waals surface area (Å²) in [7, 11) is 2.08. The third-order valence-electron chi connectivity index (χ3n) is 8.59. The number of hydrogen-bond donors (Lipinski definition) is 0. The average molecular weight is 581 g/mol. The number of anilines is 2. The number of halogens is 3. The van der Waals surface area contributed by atoms with E-state index in [0.29, 0.717) is 30.2 Å². The van der Waals surface area contributed by atoms with Crippen LogP contribution in [0.3, 0.4) is 0 Å². The number of rotatable bonds is 5. The Kier molecular flexibility index (Phi) is 7.23. The first-order valence-corrected chi connectivity index (χ1v) is 14.6. The highest BCUT2D eigenvalue weighted by atomic mass is 19.1. The molecule has 0 bridgehead atoms. The lowest BCUT2D eigenvalue weighted by Crippen LogP contribution is -2.29. The van der Waals surface area contributed by atoms with E-state index in [1.807, 2.05) is 59.5 Å². The number of likely N-dealkylation sites (tertiary alicyclic amines) is 1. The minimum atomic E-state index is -0.666. The lowest BCUT2D eigenvalue weighted by molar-refractivity contribution is 0.253. The van der Waals surface area contributed by atoms with Gasteiger partial charge in [0, 0.05) is 23.1 Å². The first kappa shape index (κ1) is 27.4. The Balaban J connectivity index is 1.21. The molecule has 2 aliphatic heterocycles. The van der Waals surface area contributed by atoms with Crippen molar-refractivity contribution < 1.29 is 17.9 Å². The van der Waals surface area contributed by atoms with E-state index in [9.17, 15) is 0 Å². The summed E-state index contributed by atoms with van der Waals surface area (Å²) in [5.41, 5.74) is 3.10. The molecule has 8 heteroatoms. The fourth-order valence-corrected chi connectivity index (χ4v) is 6.32. The molecule has 4 aromatic carbocycles. The van der Waals surface area contributed by atoms with Crippen LogP contribution in [0.1, 0.15) is 35.7 Å². The van der Waals surface area contributed by atoms with Crippen LogP contribution in [-0.2, 0) is 6.42 Å². The standard InChI is InChI=1S/C35H31F3N4O/c1-41-13-11-24(12-14-41)26-10-9-22(17-28(26)36)18-33-39-21-30(38)34(40-33)25-19-29(37)35-32(20-25)42(15-16-43-35)31-8-4-6-23-5-2-3-7-27(23)31/h2-10,17,19-21,24H,11-16,18H2,1H3. The molecule has 5 aromatic rings. The lowest BCUT2D eigenvalue weighted by Gasteiger charge is -2.32. The van der Waals surface area contributed by atoms with Gasteiger partial charge < -0.3 is 14.5 Å². The maximum atomic E-state index is 15.5. The molecular weight excluding hydrogens is 549 g/mol. The summed E-state index contributed by atoms with van der Waals surface area (Å²) in [5, 5.41) is 2.08. The van der Waals surface area contributed by atoms with Crippen LogP contribution in [0.2, 0.25) is 0 Å². The zero-order chi connectivity index (χ0) is 29.5. The van der Waals surface area contributed by atoms with Crippen LogP contribution in [0.15, 0.2) is 79.0 Å². The van der Waals surface area contributed by atoms with Crippen molar-refractivity contribution in [3.63, 3.8) is 0 Å². The summed E-state index contributed by atoms with van der Waals surface area (Å²) in [6.45, 7) is 2.71. The fraction of sp³-hybridized carbons (Fsp3) is 0.257. The molecule has 0 amide bonds. The maximum Gasteiger partial charge on any atom is 0.178 e. The van der Waals surface area contributed by atoms with Crippen LogP contribution in [0.25, 0.3) is 22.0 Å². The number of fused-ring (bicyclic) bond motifs is 2. The molecule has 1 fully saturated rings. The zero-order valence-corrected chi connectivity index (χ0v) is 23.9. The van der Waals surface area contributed by atoms with Crippen LogP contribution in [0.5, 0.6) is 5.75 Å². The normalized spacial score (nSPS) is 15.9. The Morgan fingerprint density at radius 1 is 0.837 bits per heavy atom. The lowest BCUT2D eigenvalue weighted by atomic mass is 9.88. The van der Waals surface area contributed by atoms with Crippen molar-refractivity contribution in [2.45, 2.75) is 25.2 Å². The summed E-state index contributed by atoms with van der Waals surface area (Å²) in [4.78, 5) is 12.9. The third kappa shape index (κ3) is 5.31. The van der Waals surface area contributed by atoms with Gasteiger partial charge in [0.15, 0.2) is 17.4 Å². The first-order valence-electron chi connectivity index (χ1n) is 14.6. The molecule has 0 saturated carbocycles. The predicted molar refractivity (Wildman–Crippen MR) is 163 cm³/mol. The summed E-state index contributed by atoms with van der Waals surface area (Å²) in [6, 6.07) is 22.2. The molecule has 1 aromatic heterocycles. The molecule has 0 spiro atoms. The van der Waals surface area contributed by atoms with Crippen molar-refractivity contribution in [3.8, 4) is 17.0 Å².